The van der Waals surface area contributed by atoms with Crippen molar-refractivity contribution >= 4 is 7.59 Å². The molecule has 0 unspecified atom stereocenters. The van der Waals surface area contributed by atoms with Gasteiger partial charge < -0.3 is 10.7 Å². The Balaban J connectivity index is 0. The molecule has 0 heterocycles. The van der Waals surface area contributed by atoms with Crippen molar-refractivity contribution < 1.29 is 4.57 Å². The summed E-state index contributed by atoms with van der Waals surface area (Å²) in [5.41, 5.74) is 23.3. The van der Waals surface area contributed by atoms with Crippen molar-refractivity contribution in [1.82, 2.24) is 6.15 Å². The molecule has 0 aliphatic carbocycles. The van der Waals surface area contributed by atoms with E-state index in [0.717, 1.165) is 0 Å². The number of azide groups is 1. The molecule has 0 bridgehead atoms. The summed E-state index contributed by atoms with van der Waals surface area (Å²) in [4.78, 5) is 13.8. The van der Waals surface area contributed by atoms with Crippen molar-refractivity contribution in [1.29, 1.82) is 0 Å². The Bertz CT molecular complexity index is 267. The van der Waals surface area contributed by atoms with Gasteiger partial charge in [-0.3, -0.25) is 0 Å². The van der Waals surface area contributed by atoms with Gasteiger partial charge in [-0.2, -0.15) is 0 Å². The van der Waals surface area contributed by atoms with Gasteiger partial charge in [-0.25, -0.2) is 0 Å². The first kappa shape index (κ1) is 12.8. The molecule has 0 aliphatic rings. The summed E-state index contributed by atoms with van der Waals surface area (Å²) in [6, 6.07) is 0. The minimum atomic E-state index is -4.09. The van der Waals surface area contributed by atoms with E-state index in [2.05, 4.69) is 29.4 Å². The third-order valence-electron chi connectivity index (χ3n) is 0.470. The molecule has 3 N–H and O–H groups in total. The molecular formula is H3N10OP. The van der Waals surface area contributed by atoms with Crippen molar-refractivity contribution in [3.05, 3.63) is 31.3 Å². The van der Waals surface area contributed by atoms with Crippen LogP contribution in [0.15, 0.2) is 14.7 Å². The molecule has 0 aromatic rings. The van der Waals surface area contributed by atoms with Crippen molar-refractivity contribution in [2.75, 3.05) is 0 Å². The van der Waals surface area contributed by atoms with Gasteiger partial charge >= 0.3 is 7.59 Å². The maximum atomic E-state index is 10.8. The third-order valence-corrected chi connectivity index (χ3v) is 1.41. The molecule has 12 heavy (non-hydrogen) atoms. The van der Waals surface area contributed by atoms with Crippen LogP contribution in [0, 0.1) is 0 Å². The van der Waals surface area contributed by atoms with Crippen LogP contribution < -0.4 is 6.15 Å². The van der Waals surface area contributed by atoms with Crippen LogP contribution in [0.2, 0.25) is 0 Å². The fourth-order valence-electron chi connectivity index (χ4n) is 0.210. The smallest absolute Gasteiger partial charge is 0.341 e. The summed E-state index contributed by atoms with van der Waals surface area (Å²) in [5, 5.41) is 0. The summed E-state index contributed by atoms with van der Waals surface area (Å²) in [6.07, 6.45) is 0. The lowest BCUT2D eigenvalue weighted by Gasteiger charge is -1.89. The molecule has 0 rings (SSSR count). The first-order valence-corrected chi connectivity index (χ1v) is 3.55. The van der Waals surface area contributed by atoms with Crippen LogP contribution >= 0.6 is 7.59 Å². The minimum absolute atomic E-state index is 0. The molecule has 12 heteroatoms. The highest BCUT2D eigenvalue weighted by atomic mass is 31.2. The molecule has 0 fully saturated rings. The van der Waals surface area contributed by atoms with Crippen LogP contribution in [0.1, 0.15) is 0 Å². The van der Waals surface area contributed by atoms with E-state index < -0.39 is 7.59 Å². The Morgan fingerprint density at radius 1 is 0.917 bits per heavy atom. The molecule has 0 saturated carbocycles. The predicted octanol–water partition coefficient (Wildman–Crippen LogP) is 3.19. The van der Waals surface area contributed by atoms with E-state index >= 15 is 0 Å². The predicted molar refractivity (Wildman–Crippen MR) is 40.1 cm³/mol. The summed E-state index contributed by atoms with van der Waals surface area (Å²) < 4.78 is 10.8. The Labute approximate surface area is 65.4 Å². The van der Waals surface area contributed by atoms with Gasteiger partial charge in [0.1, 0.15) is 0 Å². The van der Waals surface area contributed by atoms with Gasteiger partial charge in [-0.05, 0) is 31.2 Å². The number of hydrogen-bond donors (Lipinski definition) is 1. The Morgan fingerprint density at radius 3 is 1.33 bits per heavy atom. The monoisotopic (exact) mass is 190 g/mol. The highest BCUT2D eigenvalue weighted by molar-refractivity contribution is 7.59. The summed E-state index contributed by atoms with van der Waals surface area (Å²) in [5.74, 6) is 0. The quantitative estimate of drug-likeness (QED) is 0.308. The van der Waals surface area contributed by atoms with E-state index in [1.54, 1.807) is 0 Å². The fraction of sp³-hybridized carbons (Fsp3) is 0. The first-order chi connectivity index (χ1) is 5.18. The van der Waals surface area contributed by atoms with Crippen LogP contribution in [0.4, 0.5) is 0 Å². The van der Waals surface area contributed by atoms with E-state index in [4.69, 9.17) is 16.6 Å². The zero-order chi connectivity index (χ0) is 8.74. The van der Waals surface area contributed by atoms with Gasteiger partial charge in [0, 0.05) is 14.7 Å². The Hall–Kier alpha value is -1.88. The van der Waals surface area contributed by atoms with E-state index in [1.807, 2.05) is 0 Å². The van der Waals surface area contributed by atoms with Crippen molar-refractivity contribution in [3.8, 4) is 0 Å². The molecule has 11 nitrogen and oxygen atoms in total. The third kappa shape index (κ3) is 4.02. The van der Waals surface area contributed by atoms with E-state index in [9.17, 15) is 4.57 Å². The Kier molecular flexibility index (Phi) is 6.25. The zero-order valence-electron chi connectivity index (χ0n) is 5.59. The van der Waals surface area contributed by atoms with E-state index in [-0.39, 0.29) is 6.15 Å². The van der Waals surface area contributed by atoms with Crippen molar-refractivity contribution in [3.63, 3.8) is 0 Å². The van der Waals surface area contributed by atoms with Crippen LogP contribution in [0.3, 0.4) is 0 Å². The van der Waals surface area contributed by atoms with Gasteiger partial charge in [0.05, 0.1) is 0 Å². The molecule has 0 aromatic carbocycles. The van der Waals surface area contributed by atoms with E-state index in [0.29, 0.717) is 0 Å². The van der Waals surface area contributed by atoms with Crippen LogP contribution in [0.25, 0.3) is 31.3 Å². The average molecular weight is 190 g/mol. The van der Waals surface area contributed by atoms with Crippen LogP contribution in [-0.4, -0.2) is 0 Å². The van der Waals surface area contributed by atoms with Gasteiger partial charge in [-0.15, -0.1) is 0 Å². The standard InChI is InChI=1S/N9OP.H3N/c1-4-7-11(10,8-5-2)9-6-3;/h;1H3. The van der Waals surface area contributed by atoms with Gasteiger partial charge in [0.2, 0.25) is 0 Å². The van der Waals surface area contributed by atoms with Gasteiger partial charge in [-0.1, -0.05) is 0 Å². The lowest BCUT2D eigenvalue weighted by Crippen LogP contribution is -1.57. The average Bonchev–Trinajstić information content (AvgIpc) is 1.88. The van der Waals surface area contributed by atoms with E-state index in [1.165, 1.54) is 0 Å². The summed E-state index contributed by atoms with van der Waals surface area (Å²) >= 11 is 0. The summed E-state index contributed by atoms with van der Waals surface area (Å²) in [6.45, 7) is 0. The number of hydrogen-bond acceptors (Lipinski definition) is 2. The lowest BCUT2D eigenvalue weighted by atomic mass is 13.0. The van der Waals surface area contributed by atoms with Crippen molar-refractivity contribution in [2.45, 2.75) is 0 Å². The number of nitrogens with zero attached hydrogens (tertiary/aromatic N) is 9. The highest BCUT2D eigenvalue weighted by Gasteiger charge is 2.14. The van der Waals surface area contributed by atoms with Gasteiger partial charge in [0.25, 0.3) is 0 Å². The topological polar surface area (TPSA) is 198 Å². The largest absolute Gasteiger partial charge is 0.344 e. The minimum Gasteiger partial charge on any atom is -0.344 e. The highest BCUT2D eigenvalue weighted by Crippen LogP contribution is 2.51. The molecule has 0 aliphatic heterocycles. The molecule has 0 radical (unpaired) electrons. The normalized spacial score (nSPS) is 11.7. The molecule has 0 saturated heterocycles. The second-order valence-corrected chi connectivity index (χ2v) is 2.61. The number of rotatable bonds is 3. The molecular weight excluding hydrogens is 187 g/mol. The molecule has 0 atom stereocenters. The second-order valence-electron chi connectivity index (χ2n) is 1.05. The summed E-state index contributed by atoms with van der Waals surface area (Å²) in [7, 11) is -4.09. The van der Waals surface area contributed by atoms with Crippen LogP contribution in [-0.2, 0) is 4.57 Å². The maximum absolute atomic E-state index is 10.8. The molecule has 64 valence electrons. The molecule has 0 aromatic heterocycles. The molecule has 0 spiro atoms. The zero-order valence-corrected chi connectivity index (χ0v) is 6.48. The SMILES string of the molecule is N.[N-]=[N+]=NP(=O)(N=[N+]=[N-])N=[N+]=[N-]. The molecule has 0 amide bonds. The lowest BCUT2D eigenvalue weighted by molar-refractivity contribution is 0.577. The maximum Gasteiger partial charge on any atom is 0.341 e. The Morgan fingerprint density at radius 2 is 1.17 bits per heavy atom. The van der Waals surface area contributed by atoms with Gasteiger partial charge in [0.15, 0.2) is 0 Å². The first-order valence-electron chi connectivity index (χ1n) is 1.98. The second kappa shape index (κ2) is 5.87. The van der Waals surface area contributed by atoms with Crippen LogP contribution in [0.5, 0.6) is 0 Å². The van der Waals surface area contributed by atoms with Crippen molar-refractivity contribution in [2.24, 2.45) is 14.7 Å². The fourth-order valence-corrected chi connectivity index (χ4v) is 0.630.